The van der Waals surface area contributed by atoms with Crippen molar-refractivity contribution in [1.82, 2.24) is 5.32 Å². The second-order valence-corrected chi connectivity index (χ2v) is 9.00. The molecule has 3 nitrogen and oxygen atoms in total. The Kier molecular flexibility index (Phi) is 9.68. The monoisotopic (exact) mass is 384 g/mol. The summed E-state index contributed by atoms with van der Waals surface area (Å²) in [5.41, 5.74) is 11.5. The number of rotatable bonds is 8. The SMILES string of the molecule is CC(C=CC1=C(C)CCCC1(C)C)=CC=CC(C)=CCNC(=O)[C@@H](N)C(C)C. The molecule has 0 unspecified atom stereocenters. The number of nitrogens with one attached hydrogen (secondary N) is 1. The van der Waals surface area contributed by atoms with E-state index in [0.29, 0.717) is 6.54 Å². The minimum atomic E-state index is -0.450. The van der Waals surface area contributed by atoms with Crippen LogP contribution in [0, 0.1) is 11.3 Å². The van der Waals surface area contributed by atoms with Crippen LogP contribution in [0.1, 0.15) is 67.7 Å². The highest BCUT2D eigenvalue weighted by Crippen LogP contribution is 2.40. The van der Waals surface area contributed by atoms with Crippen molar-refractivity contribution in [2.75, 3.05) is 6.54 Å². The van der Waals surface area contributed by atoms with Crippen molar-refractivity contribution in [3.8, 4) is 0 Å². The molecule has 0 aromatic rings. The number of allylic oxidation sites excluding steroid dienone is 9. The van der Waals surface area contributed by atoms with Crippen LogP contribution >= 0.6 is 0 Å². The van der Waals surface area contributed by atoms with Crippen LogP contribution in [0.2, 0.25) is 0 Å². The maximum atomic E-state index is 11.8. The van der Waals surface area contributed by atoms with Gasteiger partial charge < -0.3 is 11.1 Å². The quantitative estimate of drug-likeness (QED) is 0.534. The third-order valence-electron chi connectivity index (χ3n) is 5.49. The first-order chi connectivity index (χ1) is 13.0. The van der Waals surface area contributed by atoms with E-state index in [9.17, 15) is 4.79 Å². The van der Waals surface area contributed by atoms with E-state index in [1.54, 1.807) is 0 Å². The van der Waals surface area contributed by atoms with Crippen molar-refractivity contribution in [3.05, 3.63) is 58.7 Å². The Hall–Kier alpha value is -1.87. The van der Waals surface area contributed by atoms with E-state index in [1.165, 1.54) is 36.0 Å². The topological polar surface area (TPSA) is 55.1 Å². The molecular formula is C25H40N2O. The Bertz CT molecular complexity index is 687. The van der Waals surface area contributed by atoms with Crippen molar-refractivity contribution in [2.45, 2.75) is 73.8 Å². The van der Waals surface area contributed by atoms with Gasteiger partial charge in [-0.2, -0.15) is 0 Å². The van der Waals surface area contributed by atoms with Crippen LogP contribution in [-0.4, -0.2) is 18.5 Å². The van der Waals surface area contributed by atoms with E-state index in [-0.39, 0.29) is 17.2 Å². The summed E-state index contributed by atoms with van der Waals surface area (Å²) in [7, 11) is 0. The Balaban J connectivity index is 2.60. The van der Waals surface area contributed by atoms with Crippen molar-refractivity contribution in [2.24, 2.45) is 17.1 Å². The van der Waals surface area contributed by atoms with Crippen LogP contribution in [0.15, 0.2) is 58.7 Å². The molecule has 0 aliphatic heterocycles. The van der Waals surface area contributed by atoms with Gasteiger partial charge in [0.25, 0.3) is 0 Å². The van der Waals surface area contributed by atoms with E-state index in [2.05, 4.69) is 63.4 Å². The lowest BCUT2D eigenvalue weighted by Crippen LogP contribution is -2.43. The molecule has 0 spiro atoms. The van der Waals surface area contributed by atoms with Crippen LogP contribution in [-0.2, 0) is 4.79 Å². The van der Waals surface area contributed by atoms with Crippen molar-refractivity contribution in [1.29, 1.82) is 0 Å². The van der Waals surface area contributed by atoms with Gasteiger partial charge in [-0.1, -0.05) is 80.9 Å². The van der Waals surface area contributed by atoms with Crippen LogP contribution in [0.3, 0.4) is 0 Å². The van der Waals surface area contributed by atoms with E-state index < -0.39 is 6.04 Å². The Labute approximate surface area is 172 Å². The number of amides is 1. The summed E-state index contributed by atoms with van der Waals surface area (Å²) in [4.78, 5) is 11.8. The summed E-state index contributed by atoms with van der Waals surface area (Å²) in [5, 5.41) is 2.86. The highest BCUT2D eigenvalue weighted by atomic mass is 16.2. The van der Waals surface area contributed by atoms with Crippen molar-refractivity contribution in [3.63, 3.8) is 0 Å². The average Bonchev–Trinajstić information content (AvgIpc) is 2.59. The zero-order valence-corrected chi connectivity index (χ0v) is 18.9. The lowest BCUT2D eigenvalue weighted by molar-refractivity contribution is -0.123. The summed E-state index contributed by atoms with van der Waals surface area (Å²) in [5.74, 6) is 0.0454. The lowest BCUT2D eigenvalue weighted by atomic mass is 9.72. The molecule has 1 aliphatic rings. The fraction of sp³-hybridized carbons (Fsp3) is 0.560. The van der Waals surface area contributed by atoms with Gasteiger partial charge in [-0.3, -0.25) is 4.79 Å². The molecule has 0 aromatic heterocycles. The summed E-state index contributed by atoms with van der Waals surface area (Å²) in [6.07, 6.45) is 16.5. The maximum absolute atomic E-state index is 11.8. The predicted octanol–water partition coefficient (Wildman–Crippen LogP) is 5.62. The van der Waals surface area contributed by atoms with Gasteiger partial charge in [0.1, 0.15) is 0 Å². The highest BCUT2D eigenvalue weighted by molar-refractivity contribution is 5.81. The number of hydrogen-bond acceptors (Lipinski definition) is 2. The number of hydrogen-bond donors (Lipinski definition) is 2. The van der Waals surface area contributed by atoms with E-state index >= 15 is 0 Å². The number of carbonyl (C=O) groups is 1. The van der Waals surface area contributed by atoms with Crippen LogP contribution in [0.5, 0.6) is 0 Å². The normalized spacial score (nSPS) is 19.8. The average molecular weight is 385 g/mol. The molecule has 0 fully saturated rings. The molecule has 3 heteroatoms. The van der Waals surface area contributed by atoms with Gasteiger partial charge in [-0.15, -0.1) is 0 Å². The number of carbonyl (C=O) groups excluding carboxylic acids is 1. The van der Waals surface area contributed by atoms with Gasteiger partial charge in [0.2, 0.25) is 5.91 Å². The first kappa shape index (κ1) is 24.2. The third-order valence-corrected chi connectivity index (χ3v) is 5.49. The van der Waals surface area contributed by atoms with Crippen LogP contribution in [0.4, 0.5) is 0 Å². The van der Waals surface area contributed by atoms with Crippen LogP contribution < -0.4 is 11.1 Å². The second kappa shape index (κ2) is 11.2. The molecule has 1 amide bonds. The molecule has 1 atom stereocenters. The predicted molar refractivity (Wildman–Crippen MR) is 122 cm³/mol. The van der Waals surface area contributed by atoms with Crippen LogP contribution in [0.25, 0.3) is 0 Å². The molecule has 0 radical (unpaired) electrons. The van der Waals surface area contributed by atoms with Gasteiger partial charge in [-0.05, 0) is 56.9 Å². The van der Waals surface area contributed by atoms with Gasteiger partial charge in [0, 0.05) is 6.54 Å². The summed E-state index contributed by atoms with van der Waals surface area (Å²) < 4.78 is 0. The highest BCUT2D eigenvalue weighted by Gasteiger charge is 2.26. The van der Waals surface area contributed by atoms with E-state index in [1.807, 2.05) is 26.8 Å². The third kappa shape index (κ3) is 8.02. The van der Waals surface area contributed by atoms with E-state index in [0.717, 1.165) is 5.57 Å². The molecule has 28 heavy (non-hydrogen) atoms. The maximum Gasteiger partial charge on any atom is 0.237 e. The molecule has 0 heterocycles. The van der Waals surface area contributed by atoms with Crippen molar-refractivity contribution >= 4 is 5.91 Å². The molecule has 0 aromatic carbocycles. The summed E-state index contributed by atoms with van der Waals surface area (Å²) in [6.45, 7) is 15.5. The minimum absolute atomic E-state index is 0.0980. The second-order valence-electron chi connectivity index (χ2n) is 9.00. The van der Waals surface area contributed by atoms with Gasteiger partial charge >= 0.3 is 0 Å². The first-order valence-electron chi connectivity index (χ1n) is 10.5. The molecule has 0 saturated heterocycles. The van der Waals surface area contributed by atoms with Gasteiger partial charge in [0.05, 0.1) is 6.04 Å². The summed E-state index contributed by atoms with van der Waals surface area (Å²) in [6, 6.07) is -0.450. The first-order valence-corrected chi connectivity index (χ1v) is 10.5. The zero-order chi connectivity index (χ0) is 21.3. The Morgan fingerprint density at radius 1 is 1.21 bits per heavy atom. The standard InChI is InChI=1S/C25H40N2O/c1-18(2)23(26)24(28)27-17-15-20(4)11-8-10-19(3)13-14-22-21(5)12-9-16-25(22,6)7/h8,10-11,13-15,18,23H,9,12,16-17,26H2,1-7H3,(H,27,28)/t23-/m0/s1. The Morgan fingerprint density at radius 2 is 1.89 bits per heavy atom. The molecule has 1 aliphatic carbocycles. The smallest absolute Gasteiger partial charge is 0.237 e. The van der Waals surface area contributed by atoms with Gasteiger partial charge in [-0.25, -0.2) is 0 Å². The van der Waals surface area contributed by atoms with Gasteiger partial charge in [0.15, 0.2) is 0 Å². The zero-order valence-electron chi connectivity index (χ0n) is 18.9. The molecule has 156 valence electrons. The molecule has 0 bridgehead atoms. The van der Waals surface area contributed by atoms with Crippen molar-refractivity contribution < 1.29 is 4.79 Å². The van der Waals surface area contributed by atoms with E-state index in [4.69, 9.17) is 5.73 Å². The molecule has 3 N–H and O–H groups in total. The Morgan fingerprint density at radius 3 is 2.50 bits per heavy atom. The fourth-order valence-corrected chi connectivity index (χ4v) is 3.43. The molecule has 1 rings (SSSR count). The minimum Gasteiger partial charge on any atom is -0.351 e. The summed E-state index contributed by atoms with van der Waals surface area (Å²) >= 11 is 0. The molecule has 0 saturated carbocycles. The largest absolute Gasteiger partial charge is 0.351 e. The lowest BCUT2D eigenvalue weighted by Gasteiger charge is -2.32. The fourth-order valence-electron chi connectivity index (χ4n) is 3.43. The number of nitrogens with two attached hydrogens (primary N) is 1. The molecular weight excluding hydrogens is 344 g/mol.